The number of anilines is 1. The Hall–Kier alpha value is -3.18. The van der Waals surface area contributed by atoms with Gasteiger partial charge in [0.05, 0.1) is 22.7 Å². The minimum Gasteiger partial charge on any atom is -0.497 e. The van der Waals surface area contributed by atoms with Crippen molar-refractivity contribution in [2.75, 3.05) is 12.4 Å². The van der Waals surface area contributed by atoms with E-state index in [4.69, 9.17) is 9.72 Å². The third-order valence-corrected chi connectivity index (χ3v) is 5.46. The van der Waals surface area contributed by atoms with Crippen LogP contribution in [0.2, 0.25) is 0 Å². The smallest absolute Gasteiger partial charge is 0.126 e. The van der Waals surface area contributed by atoms with Crippen molar-refractivity contribution in [1.29, 1.82) is 0 Å². The highest BCUT2D eigenvalue weighted by atomic mass is 32.1. The van der Waals surface area contributed by atoms with Crippen molar-refractivity contribution in [3.8, 4) is 27.4 Å². The van der Waals surface area contributed by atoms with Gasteiger partial charge in [-0.1, -0.05) is 30.3 Å². The van der Waals surface area contributed by atoms with E-state index in [0.29, 0.717) is 0 Å². The molecule has 4 rings (SSSR count). The summed E-state index contributed by atoms with van der Waals surface area (Å²) >= 11 is 1.70. The Labute approximate surface area is 168 Å². The molecule has 0 aliphatic heterocycles. The number of aromatic nitrogens is 2. The Morgan fingerprint density at radius 3 is 2.50 bits per heavy atom. The molecule has 1 N–H and O–H groups in total. The van der Waals surface area contributed by atoms with Crippen molar-refractivity contribution in [2.45, 2.75) is 13.5 Å². The van der Waals surface area contributed by atoms with Crippen LogP contribution >= 0.6 is 11.3 Å². The van der Waals surface area contributed by atoms with Gasteiger partial charge in [-0.3, -0.25) is 0 Å². The first-order chi connectivity index (χ1) is 13.7. The van der Waals surface area contributed by atoms with Crippen molar-refractivity contribution < 1.29 is 4.74 Å². The lowest BCUT2D eigenvalue weighted by Gasteiger charge is -2.08. The van der Waals surface area contributed by atoms with Gasteiger partial charge in [-0.2, -0.15) is 0 Å². The Morgan fingerprint density at radius 2 is 1.75 bits per heavy atom. The van der Waals surface area contributed by atoms with Crippen LogP contribution in [0.4, 0.5) is 5.82 Å². The maximum Gasteiger partial charge on any atom is 0.126 e. The third-order valence-electron chi connectivity index (χ3n) is 4.44. The fourth-order valence-corrected chi connectivity index (χ4v) is 3.96. The van der Waals surface area contributed by atoms with Gasteiger partial charge >= 0.3 is 0 Å². The van der Waals surface area contributed by atoms with Gasteiger partial charge in [0.15, 0.2) is 0 Å². The Kier molecular flexibility index (Phi) is 5.35. The molecule has 0 bridgehead atoms. The zero-order valence-electron chi connectivity index (χ0n) is 15.8. The van der Waals surface area contributed by atoms with Crippen molar-refractivity contribution in [3.63, 3.8) is 0 Å². The van der Waals surface area contributed by atoms with E-state index < -0.39 is 0 Å². The van der Waals surface area contributed by atoms with E-state index in [1.807, 2.05) is 61.7 Å². The molecule has 0 unspecified atom stereocenters. The summed E-state index contributed by atoms with van der Waals surface area (Å²) < 4.78 is 5.27. The lowest BCUT2D eigenvalue weighted by atomic mass is 10.1. The fourth-order valence-electron chi connectivity index (χ4n) is 3.02. The molecule has 0 aliphatic carbocycles. The van der Waals surface area contributed by atoms with Crippen molar-refractivity contribution >= 4 is 17.2 Å². The minimum atomic E-state index is 0.740. The van der Waals surface area contributed by atoms with Crippen LogP contribution in [0.15, 0.2) is 72.9 Å². The van der Waals surface area contributed by atoms with Gasteiger partial charge in [0.2, 0.25) is 0 Å². The van der Waals surface area contributed by atoms with Crippen LogP contribution in [0.5, 0.6) is 5.75 Å². The van der Waals surface area contributed by atoms with E-state index >= 15 is 0 Å². The molecule has 28 heavy (non-hydrogen) atoms. The molecule has 0 saturated heterocycles. The molecule has 0 atom stereocenters. The number of pyridine rings is 1. The molecule has 0 fully saturated rings. The van der Waals surface area contributed by atoms with E-state index in [1.54, 1.807) is 18.4 Å². The molecule has 0 amide bonds. The quantitative estimate of drug-likeness (QED) is 0.454. The van der Waals surface area contributed by atoms with Gasteiger partial charge in [0, 0.05) is 18.3 Å². The SMILES string of the molecule is COc1ccc(-c2nc(C)sc2-c2ccnc(NCc3ccccc3)c2)cc1. The lowest BCUT2D eigenvalue weighted by Crippen LogP contribution is -2.01. The first-order valence-corrected chi connectivity index (χ1v) is 9.90. The topological polar surface area (TPSA) is 47.0 Å². The van der Waals surface area contributed by atoms with Crippen LogP contribution in [0.25, 0.3) is 21.7 Å². The molecule has 4 aromatic rings. The number of benzene rings is 2. The van der Waals surface area contributed by atoms with Gasteiger partial charge in [0.25, 0.3) is 0 Å². The number of nitrogens with one attached hydrogen (secondary N) is 1. The van der Waals surface area contributed by atoms with Crippen molar-refractivity contribution in [2.24, 2.45) is 0 Å². The fraction of sp³-hybridized carbons (Fsp3) is 0.130. The summed E-state index contributed by atoms with van der Waals surface area (Å²) in [5.74, 6) is 1.70. The van der Waals surface area contributed by atoms with Crippen LogP contribution in [-0.2, 0) is 6.54 Å². The zero-order chi connectivity index (χ0) is 19.3. The van der Waals surface area contributed by atoms with Gasteiger partial charge in [0.1, 0.15) is 11.6 Å². The van der Waals surface area contributed by atoms with Crippen LogP contribution < -0.4 is 10.1 Å². The van der Waals surface area contributed by atoms with Gasteiger partial charge < -0.3 is 10.1 Å². The molecule has 140 valence electrons. The van der Waals surface area contributed by atoms with Crippen molar-refractivity contribution in [1.82, 2.24) is 9.97 Å². The average molecular weight is 388 g/mol. The second-order valence-corrected chi connectivity index (χ2v) is 7.61. The predicted octanol–water partition coefficient (Wildman–Crippen LogP) is 5.80. The summed E-state index contributed by atoms with van der Waals surface area (Å²) in [5, 5.41) is 4.45. The summed E-state index contributed by atoms with van der Waals surface area (Å²) in [4.78, 5) is 10.4. The maximum absolute atomic E-state index is 5.27. The molecule has 2 aromatic carbocycles. The molecule has 4 nitrogen and oxygen atoms in total. The highest BCUT2D eigenvalue weighted by Crippen LogP contribution is 2.37. The molecule has 0 radical (unpaired) electrons. The van der Waals surface area contributed by atoms with E-state index in [0.717, 1.165) is 44.8 Å². The molecular formula is C23H21N3OS. The van der Waals surface area contributed by atoms with Gasteiger partial charge in [-0.05, 0) is 54.4 Å². The number of hydrogen-bond acceptors (Lipinski definition) is 5. The summed E-state index contributed by atoms with van der Waals surface area (Å²) in [7, 11) is 1.67. The third kappa shape index (κ3) is 4.05. The highest BCUT2D eigenvalue weighted by molar-refractivity contribution is 7.15. The Morgan fingerprint density at radius 1 is 0.964 bits per heavy atom. The summed E-state index contributed by atoms with van der Waals surface area (Å²) in [6.07, 6.45) is 1.84. The molecule has 0 aliphatic rings. The second-order valence-electron chi connectivity index (χ2n) is 6.41. The van der Waals surface area contributed by atoms with E-state index in [1.165, 1.54) is 5.56 Å². The minimum absolute atomic E-state index is 0.740. The normalized spacial score (nSPS) is 10.6. The van der Waals surface area contributed by atoms with E-state index in [-0.39, 0.29) is 0 Å². The summed E-state index contributed by atoms with van der Waals surface area (Å²) in [6, 6.07) is 22.5. The molecular weight excluding hydrogens is 366 g/mol. The number of methoxy groups -OCH3 is 1. The number of hydrogen-bond donors (Lipinski definition) is 1. The predicted molar refractivity (Wildman–Crippen MR) is 116 cm³/mol. The number of aryl methyl sites for hydroxylation is 1. The summed E-state index contributed by atoms with van der Waals surface area (Å²) in [6.45, 7) is 2.78. The van der Waals surface area contributed by atoms with E-state index in [2.05, 4.69) is 28.5 Å². The van der Waals surface area contributed by atoms with Gasteiger partial charge in [-0.25, -0.2) is 9.97 Å². The molecule has 0 spiro atoms. The van der Waals surface area contributed by atoms with Crippen LogP contribution in [0, 0.1) is 6.92 Å². The standard InChI is InChI=1S/C23H21N3OS/c1-16-26-22(18-8-10-20(27-2)11-9-18)23(28-16)19-12-13-24-21(14-19)25-15-17-6-4-3-5-7-17/h3-14H,15H2,1-2H3,(H,24,25). The van der Waals surface area contributed by atoms with Crippen molar-refractivity contribution in [3.05, 3.63) is 83.5 Å². The number of thiazole rings is 1. The number of rotatable bonds is 6. The largest absolute Gasteiger partial charge is 0.497 e. The number of nitrogens with zero attached hydrogens (tertiary/aromatic N) is 2. The Balaban J connectivity index is 1.62. The monoisotopic (exact) mass is 387 g/mol. The van der Waals surface area contributed by atoms with Gasteiger partial charge in [-0.15, -0.1) is 11.3 Å². The zero-order valence-corrected chi connectivity index (χ0v) is 16.7. The average Bonchev–Trinajstić information content (AvgIpc) is 3.15. The first-order valence-electron chi connectivity index (χ1n) is 9.09. The lowest BCUT2D eigenvalue weighted by molar-refractivity contribution is 0.415. The first kappa shape index (κ1) is 18.2. The Bertz CT molecular complexity index is 1060. The maximum atomic E-state index is 5.27. The van der Waals surface area contributed by atoms with E-state index in [9.17, 15) is 0 Å². The molecule has 0 saturated carbocycles. The number of ether oxygens (including phenoxy) is 1. The molecule has 5 heteroatoms. The molecule has 2 heterocycles. The highest BCUT2D eigenvalue weighted by Gasteiger charge is 2.14. The van der Waals surface area contributed by atoms with Crippen LogP contribution in [0.1, 0.15) is 10.6 Å². The summed E-state index contributed by atoms with van der Waals surface area (Å²) in [5.41, 5.74) is 4.41. The van der Waals surface area contributed by atoms with Crippen LogP contribution in [0.3, 0.4) is 0 Å². The second kappa shape index (κ2) is 8.23. The molecule has 2 aromatic heterocycles. The van der Waals surface area contributed by atoms with Crippen LogP contribution in [-0.4, -0.2) is 17.1 Å².